The number of fused-ring (bicyclic) bond motifs is 1. The molecule has 2 aromatic carbocycles. The molecule has 198 valence electrons. The Kier molecular flexibility index (Phi) is 6.67. The molecule has 1 saturated heterocycles. The molecule has 0 spiro atoms. The molecule has 1 fully saturated rings. The van der Waals surface area contributed by atoms with E-state index in [4.69, 9.17) is 9.97 Å². The summed E-state index contributed by atoms with van der Waals surface area (Å²) >= 11 is 3.59. The van der Waals surface area contributed by atoms with Crippen molar-refractivity contribution in [3.63, 3.8) is 0 Å². The van der Waals surface area contributed by atoms with Gasteiger partial charge in [-0.15, -0.1) is 0 Å². The van der Waals surface area contributed by atoms with Crippen LogP contribution < -0.4 is 0 Å². The SMILES string of the molecule is Brc1cnn2cc(-c3ccccc3)c(-c3ccc(CN4CCC(c5nc(-c6ccccn6)n[nH]5)CC4)cc3)nc12. The lowest BCUT2D eigenvalue weighted by atomic mass is 9.95. The van der Waals surface area contributed by atoms with Gasteiger partial charge in [-0.25, -0.2) is 14.5 Å². The fraction of sp³-hybridized carbons (Fsp3) is 0.194. The lowest BCUT2D eigenvalue weighted by molar-refractivity contribution is 0.202. The molecule has 1 aliphatic heterocycles. The summed E-state index contributed by atoms with van der Waals surface area (Å²) < 4.78 is 2.71. The lowest BCUT2D eigenvalue weighted by Gasteiger charge is -2.31. The van der Waals surface area contributed by atoms with Gasteiger partial charge in [0.15, 0.2) is 11.5 Å². The van der Waals surface area contributed by atoms with Crippen LogP contribution in [0.25, 0.3) is 39.5 Å². The molecule has 0 unspecified atom stereocenters. The average Bonchev–Trinajstić information content (AvgIpc) is 3.65. The van der Waals surface area contributed by atoms with Gasteiger partial charge in [0, 0.05) is 36.0 Å². The second-order valence-corrected chi connectivity index (χ2v) is 11.0. The molecule has 4 aromatic heterocycles. The third-order valence-corrected chi connectivity index (χ3v) is 8.10. The number of H-pyrrole nitrogens is 1. The Bertz CT molecular complexity index is 1740. The van der Waals surface area contributed by atoms with Crippen LogP contribution in [0.15, 0.2) is 95.9 Å². The molecule has 0 bridgehead atoms. The summed E-state index contributed by atoms with van der Waals surface area (Å²) in [5, 5.41) is 12.0. The van der Waals surface area contributed by atoms with Crippen LogP contribution in [0.5, 0.6) is 0 Å². The number of rotatable bonds is 6. The highest BCUT2D eigenvalue weighted by molar-refractivity contribution is 9.10. The highest BCUT2D eigenvalue weighted by Crippen LogP contribution is 2.33. The number of hydrogen-bond donors (Lipinski definition) is 1. The minimum absolute atomic E-state index is 0.392. The Hall–Kier alpha value is -4.21. The van der Waals surface area contributed by atoms with E-state index < -0.39 is 0 Å². The Labute approximate surface area is 240 Å². The average molecular weight is 592 g/mol. The normalized spacial score (nSPS) is 14.6. The largest absolute Gasteiger partial charge is 0.299 e. The van der Waals surface area contributed by atoms with Crippen molar-refractivity contribution < 1.29 is 0 Å². The molecule has 1 aliphatic rings. The van der Waals surface area contributed by atoms with Gasteiger partial charge in [-0.1, -0.05) is 60.7 Å². The number of aromatic amines is 1. The molecule has 7 rings (SSSR count). The number of benzene rings is 2. The van der Waals surface area contributed by atoms with E-state index in [9.17, 15) is 0 Å². The summed E-state index contributed by atoms with van der Waals surface area (Å²) in [5.74, 6) is 2.03. The van der Waals surface area contributed by atoms with Crippen molar-refractivity contribution in [2.24, 2.45) is 0 Å². The zero-order valence-electron chi connectivity index (χ0n) is 21.8. The molecule has 1 N–H and O–H groups in total. The maximum absolute atomic E-state index is 5.01. The number of nitrogens with zero attached hydrogens (tertiary/aromatic N) is 7. The fourth-order valence-corrected chi connectivity index (χ4v) is 5.75. The third-order valence-electron chi connectivity index (χ3n) is 7.54. The summed E-state index contributed by atoms with van der Waals surface area (Å²) in [6.07, 6.45) is 7.73. The molecule has 0 amide bonds. The zero-order chi connectivity index (χ0) is 26.9. The first-order valence-corrected chi connectivity index (χ1v) is 14.3. The quantitative estimate of drug-likeness (QED) is 0.242. The molecule has 6 aromatic rings. The third kappa shape index (κ3) is 4.94. The summed E-state index contributed by atoms with van der Waals surface area (Å²) in [6.45, 7) is 2.98. The number of hydrogen-bond acceptors (Lipinski definition) is 6. The minimum Gasteiger partial charge on any atom is -0.299 e. The lowest BCUT2D eigenvalue weighted by Crippen LogP contribution is -2.32. The predicted octanol–water partition coefficient (Wildman–Crippen LogP) is 6.39. The van der Waals surface area contributed by atoms with Crippen molar-refractivity contribution in [3.05, 3.63) is 107 Å². The fourth-order valence-electron chi connectivity index (χ4n) is 5.39. The van der Waals surface area contributed by atoms with E-state index in [1.165, 1.54) is 5.56 Å². The molecule has 0 atom stereocenters. The molecule has 0 saturated carbocycles. The number of aromatic nitrogens is 7. The van der Waals surface area contributed by atoms with Crippen LogP contribution in [0.2, 0.25) is 0 Å². The van der Waals surface area contributed by atoms with Gasteiger partial charge >= 0.3 is 0 Å². The van der Waals surface area contributed by atoms with E-state index in [0.717, 1.165) is 76.5 Å². The maximum Gasteiger partial charge on any atom is 0.199 e. The van der Waals surface area contributed by atoms with Crippen LogP contribution in [0, 0.1) is 0 Å². The van der Waals surface area contributed by atoms with E-state index in [1.54, 1.807) is 12.4 Å². The summed E-state index contributed by atoms with van der Waals surface area (Å²) in [7, 11) is 0. The van der Waals surface area contributed by atoms with Gasteiger partial charge in [0.1, 0.15) is 11.5 Å². The molecule has 8 nitrogen and oxygen atoms in total. The topological polar surface area (TPSA) is 87.9 Å². The molecule has 5 heterocycles. The van der Waals surface area contributed by atoms with Crippen LogP contribution in [0.3, 0.4) is 0 Å². The van der Waals surface area contributed by atoms with Crippen molar-refractivity contribution in [2.75, 3.05) is 13.1 Å². The Morgan fingerprint density at radius 1 is 0.875 bits per heavy atom. The van der Waals surface area contributed by atoms with Crippen molar-refractivity contribution >= 4 is 21.6 Å². The van der Waals surface area contributed by atoms with Gasteiger partial charge < -0.3 is 0 Å². The summed E-state index contributed by atoms with van der Waals surface area (Å²) in [5.41, 5.74) is 7.11. The highest BCUT2D eigenvalue weighted by atomic mass is 79.9. The Morgan fingerprint density at radius 2 is 1.68 bits per heavy atom. The van der Waals surface area contributed by atoms with Gasteiger partial charge in [-0.05, 0) is 65.1 Å². The number of halogens is 1. The second-order valence-electron chi connectivity index (χ2n) is 10.1. The number of likely N-dealkylation sites (tertiary alicyclic amines) is 1. The predicted molar refractivity (Wildman–Crippen MR) is 158 cm³/mol. The minimum atomic E-state index is 0.392. The van der Waals surface area contributed by atoms with Crippen molar-refractivity contribution in [3.8, 4) is 33.9 Å². The monoisotopic (exact) mass is 590 g/mol. The molecule has 0 aliphatic carbocycles. The first-order valence-electron chi connectivity index (χ1n) is 13.5. The Morgan fingerprint density at radius 3 is 2.45 bits per heavy atom. The van der Waals surface area contributed by atoms with Crippen LogP contribution in [-0.4, -0.2) is 52.8 Å². The van der Waals surface area contributed by atoms with Gasteiger partial charge in [-0.3, -0.25) is 15.0 Å². The summed E-state index contributed by atoms with van der Waals surface area (Å²) in [6, 6.07) is 25.0. The number of pyridine rings is 1. The van der Waals surface area contributed by atoms with Crippen molar-refractivity contribution in [2.45, 2.75) is 25.3 Å². The smallest absolute Gasteiger partial charge is 0.199 e. The van der Waals surface area contributed by atoms with Crippen LogP contribution >= 0.6 is 15.9 Å². The van der Waals surface area contributed by atoms with E-state index in [0.29, 0.717) is 11.7 Å². The zero-order valence-corrected chi connectivity index (χ0v) is 23.4. The molecular weight excluding hydrogens is 564 g/mol. The van der Waals surface area contributed by atoms with E-state index in [-0.39, 0.29) is 0 Å². The van der Waals surface area contributed by atoms with Gasteiger partial charge in [0.25, 0.3) is 0 Å². The van der Waals surface area contributed by atoms with Crippen molar-refractivity contribution in [1.82, 2.24) is 39.7 Å². The molecular formula is C31H27BrN8. The highest BCUT2D eigenvalue weighted by Gasteiger charge is 2.24. The standard InChI is InChI=1S/C31H27BrN8/c32-26-18-34-40-20-25(22-6-2-1-3-7-22)28(35-31(26)40)23-11-9-21(10-12-23)19-39-16-13-24(14-17-39)29-36-30(38-37-29)27-8-4-5-15-33-27/h1-12,15,18,20,24H,13-14,16-17,19H2,(H,36,37,38). The number of nitrogens with one attached hydrogen (secondary N) is 1. The van der Waals surface area contributed by atoms with Crippen LogP contribution in [0.4, 0.5) is 0 Å². The van der Waals surface area contributed by atoms with Crippen LogP contribution in [-0.2, 0) is 6.54 Å². The number of piperidine rings is 1. The molecule has 9 heteroatoms. The first kappa shape index (κ1) is 24.8. The summed E-state index contributed by atoms with van der Waals surface area (Å²) in [4.78, 5) is 16.6. The maximum atomic E-state index is 5.01. The molecule has 40 heavy (non-hydrogen) atoms. The van der Waals surface area contributed by atoms with Crippen molar-refractivity contribution in [1.29, 1.82) is 0 Å². The van der Waals surface area contributed by atoms with Gasteiger partial charge in [0.05, 0.1) is 16.4 Å². The molecule has 0 radical (unpaired) electrons. The van der Waals surface area contributed by atoms with Crippen LogP contribution in [0.1, 0.15) is 30.1 Å². The van der Waals surface area contributed by atoms with E-state index >= 15 is 0 Å². The van der Waals surface area contributed by atoms with E-state index in [2.05, 4.69) is 95.8 Å². The first-order chi connectivity index (χ1) is 19.7. The van der Waals surface area contributed by atoms with E-state index in [1.807, 2.05) is 28.8 Å². The second kappa shape index (κ2) is 10.7. The van der Waals surface area contributed by atoms with Gasteiger partial charge in [0.2, 0.25) is 0 Å². The Balaban J connectivity index is 1.05. The van der Waals surface area contributed by atoms with Gasteiger partial charge in [-0.2, -0.15) is 10.2 Å².